The summed E-state index contributed by atoms with van der Waals surface area (Å²) in [4.78, 5) is 0. The Morgan fingerprint density at radius 3 is 2.56 bits per heavy atom. The van der Waals surface area contributed by atoms with Crippen molar-refractivity contribution in [3.8, 4) is 11.5 Å². The van der Waals surface area contributed by atoms with E-state index in [4.69, 9.17) is 19.9 Å². The number of hydrogen-bond donors (Lipinski definition) is 1. The number of unbranched alkanes of at least 4 members (excludes halogenated alkanes) is 2. The van der Waals surface area contributed by atoms with Gasteiger partial charge in [-0.15, -0.1) is 0 Å². The van der Waals surface area contributed by atoms with Gasteiger partial charge < -0.3 is 19.9 Å². The van der Waals surface area contributed by atoms with Gasteiger partial charge in [0.2, 0.25) is 0 Å². The molecule has 0 radical (unpaired) electrons. The average molecular weight is 253 g/mol. The summed E-state index contributed by atoms with van der Waals surface area (Å²) < 4.78 is 16.1. The highest BCUT2D eigenvalue weighted by atomic mass is 16.5. The number of rotatable bonds is 9. The van der Waals surface area contributed by atoms with E-state index in [0.29, 0.717) is 6.61 Å². The molecule has 0 unspecified atom stereocenters. The smallest absolute Gasteiger partial charge is 0.124 e. The monoisotopic (exact) mass is 253 g/mol. The second-order valence-electron chi connectivity index (χ2n) is 4.08. The fraction of sp³-hybridized carbons (Fsp3) is 0.571. The molecule has 0 bridgehead atoms. The molecule has 1 rings (SSSR count). The summed E-state index contributed by atoms with van der Waals surface area (Å²) in [6.45, 7) is 2.05. The Morgan fingerprint density at radius 1 is 1.06 bits per heavy atom. The molecule has 0 atom stereocenters. The first-order chi connectivity index (χ1) is 8.81. The normalized spacial score (nSPS) is 10.4. The third-order valence-electron chi connectivity index (χ3n) is 2.74. The van der Waals surface area contributed by atoms with Crippen LogP contribution in [-0.2, 0) is 11.3 Å². The van der Waals surface area contributed by atoms with E-state index in [1.54, 1.807) is 14.2 Å². The fourth-order valence-electron chi connectivity index (χ4n) is 1.70. The fourth-order valence-corrected chi connectivity index (χ4v) is 1.70. The number of methoxy groups -OCH3 is 2. The van der Waals surface area contributed by atoms with Gasteiger partial charge in [0.1, 0.15) is 11.5 Å². The lowest BCUT2D eigenvalue weighted by Gasteiger charge is -2.11. The van der Waals surface area contributed by atoms with Gasteiger partial charge in [0.05, 0.1) is 20.8 Å². The summed E-state index contributed by atoms with van der Waals surface area (Å²) in [5, 5.41) is 0. The van der Waals surface area contributed by atoms with Crippen LogP contribution in [-0.4, -0.2) is 27.4 Å². The van der Waals surface area contributed by atoms with Crippen molar-refractivity contribution in [1.29, 1.82) is 0 Å². The lowest BCUT2D eigenvalue weighted by atomic mass is 10.2. The molecule has 0 amide bonds. The van der Waals surface area contributed by atoms with E-state index in [1.807, 2.05) is 18.2 Å². The minimum atomic E-state index is 0.545. The molecular formula is C14H23NO3. The molecule has 2 N–H and O–H groups in total. The summed E-state index contributed by atoms with van der Waals surface area (Å²) in [6.07, 6.45) is 3.22. The quantitative estimate of drug-likeness (QED) is 0.686. The number of ether oxygens (including phenoxy) is 3. The SMILES string of the molecule is COc1ccc(OC)c(COCCCCCN)c1. The Labute approximate surface area is 109 Å². The standard InChI is InChI=1S/C14H23NO3/c1-16-13-6-7-14(17-2)12(10-13)11-18-9-5-3-4-8-15/h6-7,10H,3-5,8-9,11,15H2,1-2H3. The highest BCUT2D eigenvalue weighted by Gasteiger charge is 2.04. The minimum Gasteiger partial charge on any atom is -0.497 e. The van der Waals surface area contributed by atoms with Crippen molar-refractivity contribution in [2.45, 2.75) is 25.9 Å². The first kappa shape index (κ1) is 14.8. The van der Waals surface area contributed by atoms with Crippen LogP contribution in [0.1, 0.15) is 24.8 Å². The molecule has 0 saturated carbocycles. The molecule has 18 heavy (non-hydrogen) atoms. The van der Waals surface area contributed by atoms with Crippen LogP contribution < -0.4 is 15.2 Å². The summed E-state index contributed by atoms with van der Waals surface area (Å²) in [5.74, 6) is 1.65. The van der Waals surface area contributed by atoms with Gasteiger partial charge in [0.15, 0.2) is 0 Å². The van der Waals surface area contributed by atoms with Gasteiger partial charge in [-0.2, -0.15) is 0 Å². The average Bonchev–Trinajstić information content (AvgIpc) is 2.42. The molecule has 0 fully saturated rings. The lowest BCUT2D eigenvalue weighted by molar-refractivity contribution is 0.115. The molecular weight excluding hydrogens is 230 g/mol. The van der Waals surface area contributed by atoms with E-state index in [-0.39, 0.29) is 0 Å². The number of hydrogen-bond acceptors (Lipinski definition) is 4. The van der Waals surface area contributed by atoms with Crippen molar-refractivity contribution in [3.63, 3.8) is 0 Å². The van der Waals surface area contributed by atoms with Gasteiger partial charge in [0.25, 0.3) is 0 Å². The van der Waals surface area contributed by atoms with E-state index in [2.05, 4.69) is 0 Å². The number of nitrogens with two attached hydrogens (primary N) is 1. The third kappa shape index (κ3) is 4.94. The Hall–Kier alpha value is -1.26. The second kappa shape index (κ2) is 8.78. The zero-order valence-electron chi connectivity index (χ0n) is 11.3. The molecule has 0 saturated heterocycles. The molecule has 0 aromatic heterocycles. The van der Waals surface area contributed by atoms with Crippen molar-refractivity contribution >= 4 is 0 Å². The van der Waals surface area contributed by atoms with E-state index in [9.17, 15) is 0 Å². The summed E-state index contributed by atoms with van der Waals surface area (Å²) in [6, 6.07) is 5.72. The van der Waals surface area contributed by atoms with Crippen molar-refractivity contribution in [2.24, 2.45) is 5.73 Å². The van der Waals surface area contributed by atoms with Crippen LogP contribution in [0.2, 0.25) is 0 Å². The Kier molecular flexibility index (Phi) is 7.22. The van der Waals surface area contributed by atoms with Crippen LogP contribution in [0.15, 0.2) is 18.2 Å². The van der Waals surface area contributed by atoms with Crippen molar-refractivity contribution in [3.05, 3.63) is 23.8 Å². The Balaban J connectivity index is 2.39. The zero-order valence-corrected chi connectivity index (χ0v) is 11.3. The highest BCUT2D eigenvalue weighted by Crippen LogP contribution is 2.24. The maximum Gasteiger partial charge on any atom is 0.124 e. The topological polar surface area (TPSA) is 53.7 Å². The van der Waals surface area contributed by atoms with Crippen LogP contribution in [0, 0.1) is 0 Å². The Bertz CT molecular complexity index is 342. The van der Waals surface area contributed by atoms with E-state index >= 15 is 0 Å². The predicted molar refractivity (Wildman–Crippen MR) is 72.1 cm³/mol. The van der Waals surface area contributed by atoms with E-state index in [1.165, 1.54) is 0 Å². The third-order valence-corrected chi connectivity index (χ3v) is 2.74. The molecule has 0 aliphatic carbocycles. The molecule has 1 aromatic carbocycles. The van der Waals surface area contributed by atoms with Crippen molar-refractivity contribution < 1.29 is 14.2 Å². The summed E-state index contributed by atoms with van der Waals surface area (Å²) >= 11 is 0. The van der Waals surface area contributed by atoms with E-state index < -0.39 is 0 Å². The van der Waals surface area contributed by atoms with Gasteiger partial charge in [-0.05, 0) is 44.0 Å². The van der Waals surface area contributed by atoms with Gasteiger partial charge in [-0.1, -0.05) is 0 Å². The molecule has 0 aliphatic heterocycles. The molecule has 4 heteroatoms. The van der Waals surface area contributed by atoms with E-state index in [0.717, 1.165) is 49.5 Å². The van der Waals surface area contributed by atoms with Crippen LogP contribution in [0.5, 0.6) is 11.5 Å². The molecule has 4 nitrogen and oxygen atoms in total. The van der Waals surface area contributed by atoms with Crippen molar-refractivity contribution in [1.82, 2.24) is 0 Å². The molecule has 0 aliphatic rings. The number of benzene rings is 1. The van der Waals surface area contributed by atoms with Gasteiger partial charge in [-0.25, -0.2) is 0 Å². The molecule has 0 heterocycles. The van der Waals surface area contributed by atoms with Crippen LogP contribution in [0.3, 0.4) is 0 Å². The van der Waals surface area contributed by atoms with Gasteiger partial charge in [-0.3, -0.25) is 0 Å². The maximum absolute atomic E-state index is 5.63. The van der Waals surface area contributed by atoms with Gasteiger partial charge >= 0.3 is 0 Å². The highest BCUT2D eigenvalue weighted by molar-refractivity contribution is 5.39. The van der Waals surface area contributed by atoms with Gasteiger partial charge in [0, 0.05) is 12.2 Å². The molecule has 1 aromatic rings. The minimum absolute atomic E-state index is 0.545. The summed E-state index contributed by atoms with van der Waals surface area (Å²) in [7, 11) is 3.31. The molecule has 102 valence electrons. The first-order valence-electron chi connectivity index (χ1n) is 6.30. The summed E-state index contributed by atoms with van der Waals surface area (Å²) in [5.41, 5.74) is 6.44. The second-order valence-corrected chi connectivity index (χ2v) is 4.08. The zero-order chi connectivity index (χ0) is 13.2. The van der Waals surface area contributed by atoms with Crippen LogP contribution in [0.4, 0.5) is 0 Å². The van der Waals surface area contributed by atoms with Crippen LogP contribution in [0.25, 0.3) is 0 Å². The lowest BCUT2D eigenvalue weighted by Crippen LogP contribution is -2.01. The van der Waals surface area contributed by atoms with Crippen LogP contribution >= 0.6 is 0 Å². The predicted octanol–water partition coefficient (Wildman–Crippen LogP) is 2.35. The Morgan fingerprint density at radius 2 is 1.89 bits per heavy atom. The maximum atomic E-state index is 5.63. The largest absolute Gasteiger partial charge is 0.497 e. The molecule has 0 spiro atoms. The first-order valence-corrected chi connectivity index (χ1v) is 6.30. The van der Waals surface area contributed by atoms with Crippen molar-refractivity contribution in [2.75, 3.05) is 27.4 Å².